The van der Waals surface area contributed by atoms with Gasteiger partial charge in [-0.05, 0) is 32.8 Å². The molecule has 26 heavy (non-hydrogen) atoms. The van der Waals surface area contributed by atoms with Crippen LogP contribution in [-0.2, 0) is 19.1 Å². The Bertz CT molecular complexity index is 689. The predicted molar refractivity (Wildman–Crippen MR) is 92.4 cm³/mol. The van der Waals surface area contributed by atoms with E-state index in [0.29, 0.717) is 25.9 Å². The van der Waals surface area contributed by atoms with Gasteiger partial charge in [0.05, 0.1) is 12.7 Å². The summed E-state index contributed by atoms with van der Waals surface area (Å²) in [6.45, 7) is 3.91. The molecule has 3 unspecified atom stereocenters. The Morgan fingerprint density at radius 1 is 1.42 bits per heavy atom. The molecule has 1 fully saturated rings. The zero-order chi connectivity index (χ0) is 19.1. The number of esters is 1. The lowest BCUT2D eigenvalue weighted by molar-refractivity contribution is -0.143. The average molecular weight is 367 g/mol. The Morgan fingerprint density at radius 2 is 2.15 bits per heavy atom. The number of ether oxygens (including phenoxy) is 2. The van der Waals surface area contributed by atoms with Crippen molar-refractivity contribution in [1.82, 2.24) is 9.55 Å². The molecule has 2 rings (SSSR count). The molecule has 1 aromatic heterocycles. The highest BCUT2D eigenvalue weighted by atomic mass is 16.5. The van der Waals surface area contributed by atoms with E-state index in [-0.39, 0.29) is 36.6 Å². The minimum Gasteiger partial charge on any atom is -0.466 e. The molecule has 0 aromatic carbocycles. The maximum Gasteiger partial charge on any atom is 0.351 e. The third-order valence-corrected chi connectivity index (χ3v) is 3.99. The van der Waals surface area contributed by atoms with Gasteiger partial charge in [-0.15, -0.1) is 0 Å². The molecule has 3 atom stereocenters. The number of nitrogens with zero attached hydrogens (tertiary/aromatic N) is 2. The van der Waals surface area contributed by atoms with Crippen LogP contribution in [0.4, 0.5) is 5.82 Å². The van der Waals surface area contributed by atoms with Gasteiger partial charge in [-0.3, -0.25) is 14.2 Å². The Labute approximate surface area is 151 Å². The summed E-state index contributed by atoms with van der Waals surface area (Å²) in [4.78, 5) is 39.0. The van der Waals surface area contributed by atoms with Crippen molar-refractivity contribution in [2.75, 3.05) is 11.9 Å². The van der Waals surface area contributed by atoms with Crippen LogP contribution >= 0.6 is 0 Å². The molecule has 0 bridgehead atoms. The first kappa shape index (κ1) is 20.1. The van der Waals surface area contributed by atoms with Crippen molar-refractivity contribution in [3.8, 4) is 0 Å². The van der Waals surface area contributed by atoms with Crippen molar-refractivity contribution in [1.29, 1.82) is 0 Å². The number of aromatic nitrogens is 2. The summed E-state index contributed by atoms with van der Waals surface area (Å²) in [5, 5.41) is 12.5. The molecular formula is C17H25N3O6. The van der Waals surface area contributed by atoms with E-state index in [4.69, 9.17) is 9.47 Å². The minimum atomic E-state index is -0.774. The van der Waals surface area contributed by atoms with E-state index in [1.54, 1.807) is 6.92 Å². The largest absolute Gasteiger partial charge is 0.466 e. The van der Waals surface area contributed by atoms with E-state index in [9.17, 15) is 19.5 Å². The predicted octanol–water partition coefficient (Wildman–Crippen LogP) is 0.974. The van der Waals surface area contributed by atoms with Crippen LogP contribution in [-0.4, -0.2) is 45.3 Å². The summed E-state index contributed by atoms with van der Waals surface area (Å²) in [6, 6.07) is 1.48. The molecular weight excluding hydrogens is 342 g/mol. The van der Waals surface area contributed by atoms with Gasteiger partial charge in [0.2, 0.25) is 5.91 Å². The van der Waals surface area contributed by atoms with Crippen LogP contribution in [0.25, 0.3) is 0 Å². The molecule has 9 heteroatoms. The van der Waals surface area contributed by atoms with Crippen molar-refractivity contribution < 1.29 is 24.2 Å². The van der Waals surface area contributed by atoms with Crippen molar-refractivity contribution >= 4 is 17.7 Å². The zero-order valence-corrected chi connectivity index (χ0v) is 15.0. The second-order valence-electron chi connectivity index (χ2n) is 6.20. The molecule has 0 aliphatic carbocycles. The van der Waals surface area contributed by atoms with Gasteiger partial charge in [0.1, 0.15) is 11.9 Å². The smallest absolute Gasteiger partial charge is 0.351 e. The number of amides is 1. The van der Waals surface area contributed by atoms with E-state index >= 15 is 0 Å². The number of hydrogen-bond acceptors (Lipinski definition) is 7. The molecule has 2 heterocycles. The minimum absolute atomic E-state index is 0.141. The van der Waals surface area contributed by atoms with Gasteiger partial charge in [0.15, 0.2) is 6.23 Å². The van der Waals surface area contributed by atoms with E-state index in [0.717, 1.165) is 0 Å². The average Bonchev–Trinajstić information content (AvgIpc) is 2.90. The fourth-order valence-electron chi connectivity index (χ4n) is 2.76. The highest BCUT2D eigenvalue weighted by Gasteiger charge is 2.33. The molecule has 2 N–H and O–H groups in total. The van der Waals surface area contributed by atoms with Crippen LogP contribution in [0.2, 0.25) is 0 Å². The number of unbranched alkanes of at least 4 members (excludes halogenated alkanes) is 1. The number of nitrogens with one attached hydrogen (secondary N) is 1. The third-order valence-electron chi connectivity index (χ3n) is 3.99. The van der Waals surface area contributed by atoms with Gasteiger partial charge in [0.25, 0.3) is 0 Å². The topological polar surface area (TPSA) is 120 Å². The molecule has 144 valence electrons. The number of rotatable bonds is 8. The van der Waals surface area contributed by atoms with Gasteiger partial charge in [-0.2, -0.15) is 4.98 Å². The monoisotopic (exact) mass is 367 g/mol. The van der Waals surface area contributed by atoms with E-state index < -0.39 is 18.0 Å². The molecule has 1 aliphatic rings. The molecule has 1 saturated heterocycles. The summed E-state index contributed by atoms with van der Waals surface area (Å²) in [5.74, 6) is -0.421. The van der Waals surface area contributed by atoms with Crippen LogP contribution in [0.1, 0.15) is 52.2 Å². The van der Waals surface area contributed by atoms with Gasteiger partial charge < -0.3 is 19.9 Å². The highest BCUT2D eigenvalue weighted by Crippen LogP contribution is 2.27. The number of anilines is 1. The van der Waals surface area contributed by atoms with Gasteiger partial charge in [-0.1, -0.05) is 0 Å². The van der Waals surface area contributed by atoms with Crippen molar-refractivity contribution in [2.24, 2.45) is 0 Å². The quantitative estimate of drug-likeness (QED) is 0.519. The molecule has 1 amide bonds. The van der Waals surface area contributed by atoms with Crippen LogP contribution in [0, 0.1) is 0 Å². The van der Waals surface area contributed by atoms with Crippen LogP contribution in [0.5, 0.6) is 0 Å². The normalized spacial score (nSPS) is 22.2. The van der Waals surface area contributed by atoms with Crippen LogP contribution in [0.3, 0.4) is 0 Å². The lowest BCUT2D eigenvalue weighted by Crippen LogP contribution is -2.32. The second-order valence-corrected chi connectivity index (χ2v) is 6.20. The Balaban J connectivity index is 1.83. The maximum absolute atomic E-state index is 12.1. The van der Waals surface area contributed by atoms with E-state index in [1.165, 1.54) is 16.8 Å². The number of aliphatic hydroxyl groups is 1. The number of carbonyl (C=O) groups is 2. The first-order chi connectivity index (χ1) is 12.4. The first-order valence-corrected chi connectivity index (χ1v) is 8.79. The third kappa shape index (κ3) is 5.63. The molecule has 0 radical (unpaired) electrons. The van der Waals surface area contributed by atoms with Gasteiger partial charge in [-0.25, -0.2) is 4.79 Å². The van der Waals surface area contributed by atoms with Gasteiger partial charge >= 0.3 is 11.7 Å². The zero-order valence-electron chi connectivity index (χ0n) is 15.0. The number of hydrogen-bond donors (Lipinski definition) is 2. The van der Waals surface area contributed by atoms with E-state index in [1.807, 2.05) is 6.92 Å². The molecule has 9 nitrogen and oxygen atoms in total. The Hall–Kier alpha value is -2.26. The van der Waals surface area contributed by atoms with Crippen molar-refractivity contribution in [3.05, 3.63) is 22.7 Å². The lowest BCUT2D eigenvalue weighted by atomic mass is 10.2. The molecule has 0 spiro atoms. The van der Waals surface area contributed by atoms with Gasteiger partial charge in [0, 0.05) is 25.5 Å². The fourth-order valence-corrected chi connectivity index (χ4v) is 2.76. The van der Waals surface area contributed by atoms with Crippen molar-refractivity contribution in [2.45, 2.75) is 64.4 Å². The molecule has 1 aliphatic heterocycles. The molecule has 0 saturated carbocycles. The van der Waals surface area contributed by atoms with Crippen molar-refractivity contribution in [3.63, 3.8) is 0 Å². The van der Waals surface area contributed by atoms with Crippen LogP contribution in [0.15, 0.2) is 17.1 Å². The Morgan fingerprint density at radius 3 is 2.77 bits per heavy atom. The lowest BCUT2D eigenvalue weighted by Gasteiger charge is -2.17. The summed E-state index contributed by atoms with van der Waals surface area (Å²) in [5.41, 5.74) is -0.608. The SMILES string of the molecule is CCOC(=O)CCCCC(=O)Nc1ccn(C2OC(C)CC2O)c(=O)n1. The number of carbonyl (C=O) groups excluding carboxylic acids is 2. The molecule has 1 aromatic rings. The summed E-state index contributed by atoms with van der Waals surface area (Å²) >= 11 is 0. The number of aliphatic hydroxyl groups excluding tert-OH is 1. The first-order valence-electron chi connectivity index (χ1n) is 8.79. The summed E-state index contributed by atoms with van der Waals surface area (Å²) in [6.07, 6.45) is 1.78. The van der Waals surface area contributed by atoms with Crippen LogP contribution < -0.4 is 11.0 Å². The summed E-state index contributed by atoms with van der Waals surface area (Å²) in [7, 11) is 0. The second kappa shape index (κ2) is 9.44. The highest BCUT2D eigenvalue weighted by molar-refractivity contribution is 5.89. The fraction of sp³-hybridized carbons (Fsp3) is 0.647. The van der Waals surface area contributed by atoms with E-state index in [2.05, 4.69) is 10.3 Å². The maximum atomic E-state index is 12.1. The summed E-state index contributed by atoms with van der Waals surface area (Å²) < 4.78 is 11.5. The standard InChI is InChI=1S/C17H25N3O6/c1-3-25-15(23)7-5-4-6-14(22)18-13-8-9-20(17(24)19-13)16-12(21)10-11(2)26-16/h8-9,11-12,16,21H,3-7,10H2,1-2H3,(H,18,19,22,24). The Kier molecular flexibility index (Phi) is 7.28.